The second kappa shape index (κ2) is 6.52. The predicted octanol–water partition coefficient (Wildman–Crippen LogP) is 3.71. The minimum atomic E-state index is -0.526. The number of hydrogen-bond donors (Lipinski definition) is 1. The van der Waals surface area contributed by atoms with Crippen molar-refractivity contribution >= 4 is 11.5 Å². The molecule has 1 fully saturated rings. The molecule has 1 aliphatic rings. The molecule has 2 N–H and O–H groups in total. The Morgan fingerprint density at radius 1 is 1.22 bits per heavy atom. The third-order valence-electron chi connectivity index (χ3n) is 4.47. The van der Waals surface area contributed by atoms with Crippen LogP contribution in [0.3, 0.4) is 0 Å². The van der Waals surface area contributed by atoms with Crippen LogP contribution in [-0.2, 0) is 6.42 Å². The maximum absolute atomic E-state index is 13.8. The standard InChI is InChI=1S/C18H21F2N3/c1-12-8-17(21)18(22-11-12)23-6-4-13(5-7-23)9-14-2-3-15(19)10-16(14)20/h2-3,8,10-11,13H,4-7,9,21H2,1H3. The van der Waals surface area contributed by atoms with Gasteiger partial charge in [-0.25, -0.2) is 13.8 Å². The quantitative estimate of drug-likeness (QED) is 0.938. The van der Waals surface area contributed by atoms with Crippen LogP contribution in [0.2, 0.25) is 0 Å². The molecule has 2 heterocycles. The average Bonchev–Trinajstić information content (AvgIpc) is 2.51. The molecule has 0 aliphatic carbocycles. The van der Waals surface area contributed by atoms with Gasteiger partial charge in [0.25, 0.3) is 0 Å². The van der Waals surface area contributed by atoms with Gasteiger partial charge in [-0.05, 0) is 55.4 Å². The van der Waals surface area contributed by atoms with E-state index in [1.165, 1.54) is 6.07 Å². The Labute approximate surface area is 135 Å². The normalized spacial score (nSPS) is 15.9. The second-order valence-corrected chi connectivity index (χ2v) is 6.30. The van der Waals surface area contributed by atoms with Crippen LogP contribution in [0.25, 0.3) is 0 Å². The van der Waals surface area contributed by atoms with E-state index in [0.717, 1.165) is 43.4 Å². The molecule has 0 spiro atoms. The summed E-state index contributed by atoms with van der Waals surface area (Å²) in [5.74, 6) is 0.263. The molecule has 0 saturated carbocycles. The molecule has 0 amide bonds. The maximum Gasteiger partial charge on any atom is 0.151 e. The Balaban J connectivity index is 1.62. The zero-order valence-corrected chi connectivity index (χ0v) is 13.2. The average molecular weight is 317 g/mol. The summed E-state index contributed by atoms with van der Waals surface area (Å²) >= 11 is 0. The fraction of sp³-hybridized carbons (Fsp3) is 0.389. The third-order valence-corrected chi connectivity index (χ3v) is 4.47. The number of piperidine rings is 1. The topological polar surface area (TPSA) is 42.2 Å². The van der Waals surface area contributed by atoms with Crippen molar-refractivity contribution in [1.82, 2.24) is 4.98 Å². The first-order valence-corrected chi connectivity index (χ1v) is 7.94. The molecule has 1 aliphatic heterocycles. The van der Waals surface area contributed by atoms with Crippen LogP contribution in [-0.4, -0.2) is 18.1 Å². The number of nitrogens with two attached hydrogens (primary N) is 1. The van der Waals surface area contributed by atoms with Crippen LogP contribution >= 0.6 is 0 Å². The minimum absolute atomic E-state index is 0.401. The molecule has 5 heteroatoms. The summed E-state index contributed by atoms with van der Waals surface area (Å²) in [5.41, 5.74) is 8.40. The lowest BCUT2D eigenvalue weighted by molar-refractivity contribution is 0.396. The van der Waals surface area contributed by atoms with Gasteiger partial charge in [-0.15, -0.1) is 0 Å². The lowest BCUT2D eigenvalue weighted by Gasteiger charge is -2.33. The van der Waals surface area contributed by atoms with Gasteiger partial charge in [-0.2, -0.15) is 0 Å². The Kier molecular flexibility index (Phi) is 4.46. The fourth-order valence-electron chi connectivity index (χ4n) is 3.20. The van der Waals surface area contributed by atoms with Crippen molar-refractivity contribution in [3.8, 4) is 0 Å². The summed E-state index contributed by atoms with van der Waals surface area (Å²) in [7, 11) is 0. The maximum atomic E-state index is 13.8. The number of pyridine rings is 1. The Hall–Kier alpha value is -2.17. The molecule has 23 heavy (non-hydrogen) atoms. The number of nitrogens with zero attached hydrogens (tertiary/aromatic N) is 2. The highest BCUT2D eigenvalue weighted by molar-refractivity contribution is 5.63. The van der Waals surface area contributed by atoms with E-state index < -0.39 is 11.6 Å². The first-order chi connectivity index (χ1) is 11.0. The van der Waals surface area contributed by atoms with E-state index >= 15 is 0 Å². The fourth-order valence-corrected chi connectivity index (χ4v) is 3.20. The van der Waals surface area contributed by atoms with E-state index in [2.05, 4.69) is 9.88 Å². The summed E-state index contributed by atoms with van der Waals surface area (Å²) < 4.78 is 26.7. The zero-order chi connectivity index (χ0) is 16.4. The second-order valence-electron chi connectivity index (χ2n) is 6.30. The van der Waals surface area contributed by atoms with Crippen molar-refractivity contribution in [3.63, 3.8) is 0 Å². The molecule has 3 rings (SSSR count). The molecule has 0 bridgehead atoms. The number of halogens is 2. The molecule has 0 radical (unpaired) electrons. The molecule has 0 atom stereocenters. The first kappa shape index (κ1) is 15.7. The number of rotatable bonds is 3. The van der Waals surface area contributed by atoms with E-state index in [1.807, 2.05) is 19.2 Å². The monoisotopic (exact) mass is 317 g/mol. The van der Waals surface area contributed by atoms with Gasteiger partial charge in [0.15, 0.2) is 5.82 Å². The van der Waals surface area contributed by atoms with Gasteiger partial charge in [0.2, 0.25) is 0 Å². The third kappa shape index (κ3) is 3.60. The van der Waals surface area contributed by atoms with Gasteiger partial charge in [0.1, 0.15) is 11.6 Å². The van der Waals surface area contributed by atoms with Crippen molar-refractivity contribution < 1.29 is 8.78 Å². The van der Waals surface area contributed by atoms with Gasteiger partial charge < -0.3 is 10.6 Å². The van der Waals surface area contributed by atoms with Crippen LogP contribution in [0.4, 0.5) is 20.3 Å². The van der Waals surface area contributed by atoms with Crippen molar-refractivity contribution in [2.45, 2.75) is 26.2 Å². The highest BCUT2D eigenvalue weighted by atomic mass is 19.1. The summed E-state index contributed by atoms with van der Waals surface area (Å²) in [6, 6.07) is 5.77. The molecular weight excluding hydrogens is 296 g/mol. The van der Waals surface area contributed by atoms with Gasteiger partial charge in [0.05, 0.1) is 5.69 Å². The van der Waals surface area contributed by atoms with Gasteiger partial charge >= 0.3 is 0 Å². The Bertz CT molecular complexity index is 695. The van der Waals surface area contributed by atoms with E-state index in [1.54, 1.807) is 6.07 Å². The Morgan fingerprint density at radius 2 is 1.96 bits per heavy atom. The molecule has 1 aromatic heterocycles. The largest absolute Gasteiger partial charge is 0.396 e. The molecule has 3 nitrogen and oxygen atoms in total. The first-order valence-electron chi connectivity index (χ1n) is 7.94. The number of benzene rings is 1. The van der Waals surface area contributed by atoms with Crippen molar-refractivity contribution in [1.29, 1.82) is 0 Å². The number of aromatic nitrogens is 1. The zero-order valence-electron chi connectivity index (χ0n) is 13.2. The summed E-state index contributed by atoms with van der Waals surface area (Å²) in [5, 5.41) is 0. The summed E-state index contributed by atoms with van der Waals surface area (Å²) in [6.45, 7) is 3.68. The number of aryl methyl sites for hydroxylation is 1. The molecular formula is C18H21F2N3. The van der Waals surface area contributed by atoms with Crippen molar-refractivity contribution in [2.24, 2.45) is 5.92 Å². The van der Waals surface area contributed by atoms with Crippen LogP contribution < -0.4 is 10.6 Å². The minimum Gasteiger partial charge on any atom is -0.396 e. The highest BCUT2D eigenvalue weighted by Crippen LogP contribution is 2.28. The SMILES string of the molecule is Cc1cnc(N2CCC(Cc3ccc(F)cc3F)CC2)c(N)c1. The van der Waals surface area contributed by atoms with Gasteiger partial charge in [-0.1, -0.05) is 6.07 Å². The lowest BCUT2D eigenvalue weighted by Crippen LogP contribution is -2.35. The number of nitrogen functional groups attached to an aromatic ring is 1. The summed E-state index contributed by atoms with van der Waals surface area (Å²) in [6.07, 6.45) is 4.38. The van der Waals surface area contributed by atoms with Crippen LogP contribution in [0.15, 0.2) is 30.5 Å². The molecule has 0 unspecified atom stereocenters. The van der Waals surface area contributed by atoms with E-state index in [0.29, 0.717) is 23.6 Å². The van der Waals surface area contributed by atoms with Gasteiger partial charge in [0, 0.05) is 25.4 Å². The smallest absolute Gasteiger partial charge is 0.151 e. The van der Waals surface area contributed by atoms with E-state index in [-0.39, 0.29) is 0 Å². The number of anilines is 2. The number of hydrogen-bond acceptors (Lipinski definition) is 3. The lowest BCUT2D eigenvalue weighted by atomic mass is 9.90. The van der Waals surface area contributed by atoms with E-state index in [9.17, 15) is 8.78 Å². The molecule has 2 aromatic rings. The Morgan fingerprint density at radius 3 is 2.61 bits per heavy atom. The van der Waals surface area contributed by atoms with Gasteiger partial charge in [-0.3, -0.25) is 0 Å². The highest BCUT2D eigenvalue weighted by Gasteiger charge is 2.22. The molecule has 1 aromatic carbocycles. The van der Waals surface area contributed by atoms with E-state index in [4.69, 9.17) is 5.73 Å². The van der Waals surface area contributed by atoms with Crippen LogP contribution in [0.1, 0.15) is 24.0 Å². The van der Waals surface area contributed by atoms with Crippen molar-refractivity contribution in [2.75, 3.05) is 23.7 Å². The van der Waals surface area contributed by atoms with Crippen molar-refractivity contribution in [3.05, 3.63) is 53.2 Å². The molecule has 122 valence electrons. The predicted molar refractivity (Wildman–Crippen MR) is 88.4 cm³/mol. The summed E-state index contributed by atoms with van der Waals surface area (Å²) in [4.78, 5) is 6.62. The molecule has 1 saturated heterocycles. The van der Waals surface area contributed by atoms with Crippen LogP contribution in [0.5, 0.6) is 0 Å². The van der Waals surface area contributed by atoms with Crippen LogP contribution in [0, 0.1) is 24.5 Å².